The Kier molecular flexibility index (Phi) is 2.59. The number of rotatable bonds is 1. The molecule has 3 aromatic rings. The highest BCUT2D eigenvalue weighted by molar-refractivity contribution is 9.10. The van der Waals surface area contributed by atoms with Crippen molar-refractivity contribution >= 4 is 32.9 Å². The number of imidazole rings is 1. The monoisotopic (exact) mass is 301 g/mol. The number of fused-ring (bicyclic) bond motifs is 1. The second-order valence-corrected chi connectivity index (χ2v) is 5.14. The van der Waals surface area contributed by atoms with Gasteiger partial charge in [-0.05, 0) is 42.8 Å². The summed E-state index contributed by atoms with van der Waals surface area (Å²) in [7, 11) is 0. The topological polar surface area (TPSA) is 43.8 Å². The molecule has 2 N–H and O–H groups in total. The van der Waals surface area contributed by atoms with Gasteiger partial charge in [-0.25, -0.2) is 4.98 Å². The molecule has 0 aliphatic rings. The minimum atomic E-state index is 0.515. The molecule has 3 nitrogen and oxygen atoms in total. The van der Waals surface area contributed by atoms with Crippen LogP contribution in [0.15, 0.2) is 46.9 Å². The Morgan fingerprint density at radius 2 is 1.83 bits per heavy atom. The van der Waals surface area contributed by atoms with Crippen LogP contribution in [0, 0.1) is 6.92 Å². The predicted molar refractivity (Wildman–Crippen MR) is 77.9 cm³/mol. The van der Waals surface area contributed by atoms with Crippen LogP contribution in [0.4, 0.5) is 5.95 Å². The van der Waals surface area contributed by atoms with Gasteiger partial charge in [-0.3, -0.25) is 4.57 Å². The summed E-state index contributed by atoms with van der Waals surface area (Å²) in [5.74, 6) is 0.515. The number of para-hydroxylation sites is 1. The molecule has 3 rings (SSSR count). The zero-order valence-electron chi connectivity index (χ0n) is 9.89. The number of hydrogen-bond donors (Lipinski definition) is 1. The lowest BCUT2D eigenvalue weighted by Gasteiger charge is -2.06. The van der Waals surface area contributed by atoms with Gasteiger partial charge < -0.3 is 5.73 Å². The van der Waals surface area contributed by atoms with Crippen LogP contribution in [-0.2, 0) is 0 Å². The molecule has 0 radical (unpaired) electrons. The van der Waals surface area contributed by atoms with Crippen LogP contribution in [0.1, 0.15) is 5.56 Å². The first-order valence-electron chi connectivity index (χ1n) is 5.66. The summed E-state index contributed by atoms with van der Waals surface area (Å²) in [5.41, 5.74) is 10.2. The fourth-order valence-corrected chi connectivity index (χ4v) is 2.38. The van der Waals surface area contributed by atoms with E-state index in [0.29, 0.717) is 5.95 Å². The molecule has 18 heavy (non-hydrogen) atoms. The lowest BCUT2D eigenvalue weighted by Crippen LogP contribution is -2.00. The number of halogens is 1. The number of aryl methyl sites for hydroxylation is 1. The maximum Gasteiger partial charge on any atom is 0.205 e. The van der Waals surface area contributed by atoms with E-state index in [0.717, 1.165) is 26.8 Å². The van der Waals surface area contributed by atoms with Crippen molar-refractivity contribution in [2.24, 2.45) is 0 Å². The van der Waals surface area contributed by atoms with Gasteiger partial charge in [0.15, 0.2) is 0 Å². The van der Waals surface area contributed by atoms with Gasteiger partial charge >= 0.3 is 0 Å². The first-order chi connectivity index (χ1) is 8.66. The fourth-order valence-electron chi connectivity index (χ4n) is 2.12. The van der Waals surface area contributed by atoms with E-state index in [-0.39, 0.29) is 0 Å². The summed E-state index contributed by atoms with van der Waals surface area (Å²) in [6.45, 7) is 2.04. The molecule has 0 saturated carbocycles. The summed E-state index contributed by atoms with van der Waals surface area (Å²) >= 11 is 3.43. The normalized spacial score (nSPS) is 11.0. The summed E-state index contributed by atoms with van der Waals surface area (Å²) in [6.07, 6.45) is 0. The molecule has 4 heteroatoms. The molecule has 0 fully saturated rings. The molecule has 0 aliphatic carbocycles. The third-order valence-corrected chi connectivity index (χ3v) is 3.53. The first kappa shape index (κ1) is 11.3. The van der Waals surface area contributed by atoms with E-state index in [9.17, 15) is 0 Å². The van der Waals surface area contributed by atoms with Gasteiger partial charge in [0.2, 0.25) is 5.95 Å². The molecule has 1 heterocycles. The van der Waals surface area contributed by atoms with Crippen molar-refractivity contribution in [1.82, 2.24) is 9.55 Å². The molecule has 0 unspecified atom stereocenters. The largest absolute Gasteiger partial charge is 0.369 e. The average Bonchev–Trinajstić information content (AvgIpc) is 2.69. The van der Waals surface area contributed by atoms with E-state index >= 15 is 0 Å². The van der Waals surface area contributed by atoms with Crippen LogP contribution >= 0.6 is 15.9 Å². The van der Waals surface area contributed by atoms with Crippen molar-refractivity contribution in [3.8, 4) is 5.69 Å². The van der Waals surface area contributed by atoms with Crippen molar-refractivity contribution in [3.63, 3.8) is 0 Å². The summed E-state index contributed by atoms with van der Waals surface area (Å²) in [6, 6.07) is 14.1. The molecule has 2 aromatic carbocycles. The van der Waals surface area contributed by atoms with Crippen LogP contribution in [0.25, 0.3) is 16.7 Å². The van der Waals surface area contributed by atoms with Gasteiger partial charge in [0.1, 0.15) is 0 Å². The van der Waals surface area contributed by atoms with Gasteiger partial charge in [-0.15, -0.1) is 0 Å². The minimum absolute atomic E-state index is 0.515. The zero-order chi connectivity index (χ0) is 12.7. The third-order valence-electron chi connectivity index (χ3n) is 3.00. The van der Waals surface area contributed by atoms with Gasteiger partial charge in [-0.1, -0.05) is 28.1 Å². The molecule has 0 spiro atoms. The van der Waals surface area contributed by atoms with E-state index < -0.39 is 0 Å². The molecular weight excluding hydrogens is 290 g/mol. The van der Waals surface area contributed by atoms with E-state index in [1.54, 1.807) is 0 Å². The Balaban J connectivity index is 2.32. The van der Waals surface area contributed by atoms with Crippen molar-refractivity contribution in [2.45, 2.75) is 6.92 Å². The Labute approximate surface area is 113 Å². The summed E-state index contributed by atoms with van der Waals surface area (Å²) < 4.78 is 3.01. The van der Waals surface area contributed by atoms with Crippen LogP contribution in [0.2, 0.25) is 0 Å². The average molecular weight is 302 g/mol. The molecule has 0 aliphatic heterocycles. The highest BCUT2D eigenvalue weighted by Gasteiger charge is 2.10. The maximum atomic E-state index is 6.03. The Morgan fingerprint density at radius 3 is 2.56 bits per heavy atom. The standard InChI is InChI=1S/C14H12BrN3/c1-9-3-2-4-12-13(9)17-14(16)18(12)11-7-5-10(15)6-8-11/h2-8H,1H3,(H2,16,17). The summed E-state index contributed by atoms with van der Waals surface area (Å²) in [5, 5.41) is 0. The minimum Gasteiger partial charge on any atom is -0.369 e. The van der Waals surface area contributed by atoms with Crippen molar-refractivity contribution in [2.75, 3.05) is 5.73 Å². The smallest absolute Gasteiger partial charge is 0.205 e. The molecule has 0 atom stereocenters. The fraction of sp³-hybridized carbons (Fsp3) is 0.0714. The van der Waals surface area contributed by atoms with Crippen LogP contribution in [0.5, 0.6) is 0 Å². The number of anilines is 1. The van der Waals surface area contributed by atoms with Gasteiger partial charge in [0.05, 0.1) is 11.0 Å². The lowest BCUT2D eigenvalue weighted by molar-refractivity contribution is 1.11. The van der Waals surface area contributed by atoms with Crippen LogP contribution < -0.4 is 5.73 Å². The Hall–Kier alpha value is -1.81. The van der Waals surface area contributed by atoms with Crippen LogP contribution in [-0.4, -0.2) is 9.55 Å². The SMILES string of the molecule is Cc1cccc2c1nc(N)n2-c1ccc(Br)cc1. The maximum absolute atomic E-state index is 6.03. The molecule has 0 amide bonds. The number of nitrogen functional groups attached to an aromatic ring is 1. The van der Waals surface area contributed by atoms with Crippen molar-refractivity contribution in [3.05, 3.63) is 52.5 Å². The molecule has 0 saturated heterocycles. The van der Waals surface area contributed by atoms with Crippen molar-refractivity contribution in [1.29, 1.82) is 0 Å². The number of nitrogens with two attached hydrogens (primary N) is 1. The van der Waals surface area contributed by atoms with Gasteiger partial charge in [0.25, 0.3) is 0 Å². The number of nitrogens with zero attached hydrogens (tertiary/aromatic N) is 2. The number of aromatic nitrogens is 2. The van der Waals surface area contributed by atoms with E-state index in [4.69, 9.17) is 5.73 Å². The molecule has 1 aromatic heterocycles. The van der Waals surface area contributed by atoms with Crippen molar-refractivity contribution < 1.29 is 0 Å². The molecule has 0 bridgehead atoms. The summed E-state index contributed by atoms with van der Waals surface area (Å²) in [4.78, 5) is 4.44. The molecular formula is C14H12BrN3. The number of hydrogen-bond acceptors (Lipinski definition) is 2. The quantitative estimate of drug-likeness (QED) is 0.745. The van der Waals surface area contributed by atoms with Gasteiger partial charge in [0, 0.05) is 10.2 Å². The van der Waals surface area contributed by atoms with E-state index in [1.165, 1.54) is 0 Å². The number of benzene rings is 2. The van der Waals surface area contributed by atoms with Crippen LogP contribution in [0.3, 0.4) is 0 Å². The Bertz CT molecular complexity index is 714. The first-order valence-corrected chi connectivity index (χ1v) is 6.45. The highest BCUT2D eigenvalue weighted by atomic mass is 79.9. The van der Waals surface area contributed by atoms with E-state index in [2.05, 4.69) is 20.9 Å². The lowest BCUT2D eigenvalue weighted by atomic mass is 10.2. The van der Waals surface area contributed by atoms with Gasteiger partial charge in [-0.2, -0.15) is 0 Å². The third kappa shape index (κ3) is 1.69. The second kappa shape index (κ2) is 4.14. The predicted octanol–water partition coefficient (Wildman–Crippen LogP) is 3.68. The molecule has 90 valence electrons. The highest BCUT2D eigenvalue weighted by Crippen LogP contribution is 2.25. The zero-order valence-corrected chi connectivity index (χ0v) is 11.5. The Morgan fingerprint density at radius 1 is 1.11 bits per heavy atom. The second-order valence-electron chi connectivity index (χ2n) is 4.22. The van der Waals surface area contributed by atoms with E-state index in [1.807, 2.05) is 54.0 Å².